The zero-order valence-electron chi connectivity index (χ0n) is 20.6. The van der Waals surface area contributed by atoms with E-state index >= 15 is 0 Å². The maximum Gasteiger partial charge on any atom is 0.293 e. The zero-order chi connectivity index (χ0) is 25.0. The molecule has 3 N–H and O–H groups in total. The Labute approximate surface area is 212 Å². The third-order valence-corrected chi connectivity index (χ3v) is 7.64. The number of anilines is 1. The lowest BCUT2D eigenvalue weighted by Gasteiger charge is -2.34. The molecule has 0 unspecified atom stereocenters. The highest BCUT2D eigenvalue weighted by Gasteiger charge is 2.44. The van der Waals surface area contributed by atoms with Crippen molar-refractivity contribution in [1.82, 2.24) is 0 Å². The summed E-state index contributed by atoms with van der Waals surface area (Å²) in [6.07, 6.45) is 5.28. The number of aliphatic hydroxyl groups is 1. The highest BCUT2D eigenvalue weighted by molar-refractivity contribution is 5.70. The lowest BCUT2D eigenvalue weighted by Crippen LogP contribution is -2.34. The third-order valence-electron chi connectivity index (χ3n) is 7.64. The molecule has 2 fully saturated rings. The van der Waals surface area contributed by atoms with Crippen LogP contribution in [0.5, 0.6) is 5.75 Å². The Balaban J connectivity index is 1.43. The number of piperidine rings is 1. The molecule has 0 aromatic heterocycles. The highest BCUT2D eigenvalue weighted by atomic mass is 16.5. The Bertz CT molecular complexity index is 1200. The second kappa shape index (κ2) is 10.7. The lowest BCUT2D eigenvalue weighted by molar-refractivity contribution is -0.129. The van der Waals surface area contributed by atoms with Crippen molar-refractivity contribution in [3.05, 3.63) is 83.4 Å². The van der Waals surface area contributed by atoms with Crippen molar-refractivity contribution in [3.63, 3.8) is 0 Å². The van der Waals surface area contributed by atoms with Gasteiger partial charge in [-0.2, -0.15) is 0 Å². The van der Waals surface area contributed by atoms with Gasteiger partial charge in [0.05, 0.1) is 12.6 Å². The van der Waals surface area contributed by atoms with Crippen LogP contribution < -0.4 is 15.4 Å². The lowest BCUT2D eigenvalue weighted by atomic mass is 9.92. The van der Waals surface area contributed by atoms with Gasteiger partial charge >= 0.3 is 0 Å². The zero-order valence-corrected chi connectivity index (χ0v) is 20.6. The summed E-state index contributed by atoms with van der Waals surface area (Å²) in [6, 6.07) is 21.9. The van der Waals surface area contributed by atoms with Gasteiger partial charge in [-0.1, -0.05) is 36.4 Å². The van der Waals surface area contributed by atoms with Crippen molar-refractivity contribution < 1.29 is 19.4 Å². The molecule has 5 rings (SSSR count). The maximum atomic E-state index is 10.7. The van der Waals surface area contributed by atoms with Gasteiger partial charge in [-0.05, 0) is 83.7 Å². The summed E-state index contributed by atoms with van der Waals surface area (Å²) >= 11 is 0. The van der Waals surface area contributed by atoms with E-state index in [9.17, 15) is 9.90 Å². The monoisotopic (exact) mass is 486 g/mol. The van der Waals surface area contributed by atoms with Crippen LogP contribution in [0.1, 0.15) is 48.4 Å². The Morgan fingerprint density at radius 1 is 0.944 bits per heavy atom. The van der Waals surface area contributed by atoms with E-state index in [-0.39, 0.29) is 13.2 Å². The van der Waals surface area contributed by atoms with E-state index in [0.717, 1.165) is 40.9 Å². The van der Waals surface area contributed by atoms with Crippen LogP contribution in [0.15, 0.2) is 66.7 Å². The molecule has 3 aromatic carbocycles. The standard InChI is InChI=1S/C30H34N2O4/c31-28(18-33)24-6-3-5-23(16-24)26-14-22(19-36-29-7-2-1-4-25(29)20-35-21-34)15-27(17-26)32-12-10-30(8-9-30)11-13-32/h1-7,14-17,21,28,33H,8-13,18-20,31H2/t28-/m1/s1. The number of carbonyl (C=O) groups excluding carboxylic acids is 1. The maximum absolute atomic E-state index is 10.7. The predicted molar refractivity (Wildman–Crippen MR) is 141 cm³/mol. The van der Waals surface area contributed by atoms with E-state index in [2.05, 4.69) is 35.2 Å². The molecule has 6 nitrogen and oxygen atoms in total. The first kappa shape index (κ1) is 24.3. The van der Waals surface area contributed by atoms with Crippen LogP contribution in [0, 0.1) is 5.41 Å². The van der Waals surface area contributed by atoms with Gasteiger partial charge in [0.15, 0.2) is 0 Å². The number of para-hydroxylation sites is 1. The number of hydrogen-bond acceptors (Lipinski definition) is 6. The van der Waals surface area contributed by atoms with Crippen LogP contribution in [0.4, 0.5) is 5.69 Å². The minimum atomic E-state index is -0.405. The van der Waals surface area contributed by atoms with Crippen LogP contribution in [-0.2, 0) is 22.7 Å². The second-order valence-corrected chi connectivity index (χ2v) is 10.1. The van der Waals surface area contributed by atoms with Crippen molar-refractivity contribution in [2.24, 2.45) is 11.1 Å². The molecule has 6 heteroatoms. The summed E-state index contributed by atoms with van der Waals surface area (Å²) in [5.74, 6) is 0.705. The van der Waals surface area contributed by atoms with Crippen molar-refractivity contribution in [1.29, 1.82) is 0 Å². The summed E-state index contributed by atoms with van der Waals surface area (Å²) in [6.45, 7) is 3.08. The van der Waals surface area contributed by atoms with Crippen LogP contribution in [0.2, 0.25) is 0 Å². The van der Waals surface area contributed by atoms with Crippen LogP contribution in [0.25, 0.3) is 11.1 Å². The van der Waals surface area contributed by atoms with Gasteiger partial charge < -0.3 is 25.2 Å². The normalized spacial score (nSPS) is 17.0. The Morgan fingerprint density at radius 2 is 1.75 bits per heavy atom. The molecule has 1 atom stereocenters. The molecule has 36 heavy (non-hydrogen) atoms. The minimum absolute atomic E-state index is 0.0919. The number of carbonyl (C=O) groups is 1. The average molecular weight is 487 g/mol. The predicted octanol–water partition coefficient (Wildman–Crippen LogP) is 4.98. The fourth-order valence-electron chi connectivity index (χ4n) is 5.13. The largest absolute Gasteiger partial charge is 0.488 e. The molecule has 0 bridgehead atoms. The molecule has 0 radical (unpaired) electrons. The van der Waals surface area contributed by atoms with Gasteiger partial charge in [0.2, 0.25) is 0 Å². The molecule has 2 aliphatic rings. The molecule has 3 aromatic rings. The van der Waals surface area contributed by atoms with Gasteiger partial charge in [0, 0.05) is 24.3 Å². The number of hydrogen-bond donors (Lipinski definition) is 2. The molecule has 188 valence electrons. The summed E-state index contributed by atoms with van der Waals surface area (Å²) in [5.41, 5.74) is 12.9. The van der Waals surface area contributed by atoms with Crippen molar-refractivity contribution in [2.75, 3.05) is 24.6 Å². The summed E-state index contributed by atoms with van der Waals surface area (Å²) in [7, 11) is 0. The molecule has 1 heterocycles. The highest BCUT2D eigenvalue weighted by Crippen LogP contribution is 2.54. The number of rotatable bonds is 10. The topological polar surface area (TPSA) is 85.0 Å². The smallest absolute Gasteiger partial charge is 0.293 e. The van der Waals surface area contributed by atoms with E-state index in [0.29, 0.717) is 24.2 Å². The molecular weight excluding hydrogens is 452 g/mol. The molecule has 1 spiro atoms. The first-order valence-corrected chi connectivity index (χ1v) is 12.7. The second-order valence-electron chi connectivity index (χ2n) is 10.1. The number of nitrogens with zero attached hydrogens (tertiary/aromatic N) is 1. The van der Waals surface area contributed by atoms with Gasteiger partial charge in [-0.15, -0.1) is 0 Å². The number of ether oxygens (including phenoxy) is 2. The fraction of sp³-hybridized carbons (Fsp3) is 0.367. The Morgan fingerprint density at radius 3 is 2.50 bits per heavy atom. The number of aliphatic hydroxyl groups excluding tert-OH is 1. The van der Waals surface area contributed by atoms with Crippen LogP contribution in [-0.4, -0.2) is 31.3 Å². The van der Waals surface area contributed by atoms with Crippen LogP contribution >= 0.6 is 0 Å². The summed E-state index contributed by atoms with van der Waals surface area (Å²) in [4.78, 5) is 13.2. The van der Waals surface area contributed by atoms with Gasteiger partial charge in [-0.25, -0.2) is 0 Å². The SMILES string of the molecule is N[C@H](CO)c1cccc(-c2cc(COc3ccccc3COC=O)cc(N3CCC4(CC3)CC4)c2)c1. The molecular formula is C30H34N2O4. The van der Waals surface area contributed by atoms with E-state index in [1.807, 2.05) is 36.4 Å². The molecule has 1 aliphatic carbocycles. The van der Waals surface area contributed by atoms with Crippen molar-refractivity contribution >= 4 is 12.2 Å². The number of benzene rings is 3. The van der Waals surface area contributed by atoms with Gasteiger partial charge in [0.25, 0.3) is 6.47 Å². The van der Waals surface area contributed by atoms with Crippen molar-refractivity contribution in [2.45, 2.75) is 44.9 Å². The molecule has 1 saturated carbocycles. The summed E-state index contributed by atoms with van der Waals surface area (Å²) in [5, 5.41) is 9.53. The minimum Gasteiger partial charge on any atom is -0.488 e. The van der Waals surface area contributed by atoms with E-state index in [1.165, 1.54) is 31.4 Å². The Kier molecular flexibility index (Phi) is 7.25. The van der Waals surface area contributed by atoms with E-state index < -0.39 is 6.04 Å². The number of nitrogens with two attached hydrogens (primary N) is 1. The van der Waals surface area contributed by atoms with Gasteiger partial charge in [0.1, 0.15) is 19.0 Å². The van der Waals surface area contributed by atoms with Gasteiger partial charge in [-0.3, -0.25) is 4.79 Å². The molecule has 1 aliphatic heterocycles. The quantitative estimate of drug-likeness (QED) is 0.393. The van der Waals surface area contributed by atoms with E-state index in [4.69, 9.17) is 15.2 Å². The third kappa shape index (κ3) is 5.55. The van der Waals surface area contributed by atoms with Crippen molar-refractivity contribution in [3.8, 4) is 16.9 Å². The average Bonchev–Trinajstić information content (AvgIpc) is 3.69. The molecule has 1 saturated heterocycles. The Hall–Kier alpha value is -3.35. The summed E-state index contributed by atoms with van der Waals surface area (Å²) < 4.78 is 11.2. The van der Waals surface area contributed by atoms with E-state index in [1.54, 1.807) is 0 Å². The first-order valence-electron chi connectivity index (χ1n) is 12.7. The molecule has 0 amide bonds. The van der Waals surface area contributed by atoms with Crippen LogP contribution in [0.3, 0.4) is 0 Å². The fourth-order valence-corrected chi connectivity index (χ4v) is 5.13. The first-order chi connectivity index (χ1) is 17.6.